The Bertz CT molecular complexity index is 317. The van der Waals surface area contributed by atoms with E-state index in [2.05, 4.69) is 11.9 Å². The summed E-state index contributed by atoms with van der Waals surface area (Å²) in [5.41, 5.74) is 0. The molecule has 0 heterocycles. The molecule has 3 heteroatoms. The van der Waals surface area contributed by atoms with E-state index in [1.165, 1.54) is 19.3 Å². The van der Waals surface area contributed by atoms with Gasteiger partial charge < -0.3 is 5.32 Å². The van der Waals surface area contributed by atoms with Gasteiger partial charge in [-0.15, -0.1) is 6.58 Å². The second-order valence-corrected chi connectivity index (χ2v) is 5.83. The van der Waals surface area contributed by atoms with Gasteiger partial charge in [-0.25, -0.2) is 0 Å². The number of hydrogen-bond donors (Lipinski definition) is 1. The maximum Gasteiger partial charge on any atom is 0.220 e. The van der Waals surface area contributed by atoms with Crippen molar-refractivity contribution in [2.75, 3.05) is 0 Å². The predicted octanol–water partition coefficient (Wildman–Crippen LogP) is 3.24. The summed E-state index contributed by atoms with van der Waals surface area (Å²) in [6.45, 7) is 7.44. The molecular formula is C16H27NO2. The van der Waals surface area contributed by atoms with Crippen LogP contribution in [0.4, 0.5) is 0 Å². The van der Waals surface area contributed by atoms with E-state index in [0.717, 1.165) is 12.8 Å². The van der Waals surface area contributed by atoms with Gasteiger partial charge in [0.05, 0.1) is 6.04 Å². The Labute approximate surface area is 116 Å². The molecule has 1 amide bonds. The summed E-state index contributed by atoms with van der Waals surface area (Å²) in [6.07, 6.45) is 8.56. The van der Waals surface area contributed by atoms with E-state index in [4.69, 9.17) is 0 Å². The molecule has 1 saturated carbocycles. The number of carbonyl (C=O) groups is 2. The summed E-state index contributed by atoms with van der Waals surface area (Å²) in [5.74, 6) is 0.464. The van der Waals surface area contributed by atoms with Gasteiger partial charge in [0, 0.05) is 12.3 Å². The van der Waals surface area contributed by atoms with E-state index < -0.39 is 0 Å². The van der Waals surface area contributed by atoms with Crippen molar-refractivity contribution in [2.45, 2.75) is 64.8 Å². The lowest BCUT2D eigenvalue weighted by Crippen LogP contribution is -2.48. The number of hydrogen-bond acceptors (Lipinski definition) is 2. The lowest BCUT2D eigenvalue weighted by Gasteiger charge is -2.31. The predicted molar refractivity (Wildman–Crippen MR) is 77.8 cm³/mol. The SMILES string of the molecule is C=CCCC(=O)NC(C(=O)C(C)C)C1CCCCC1. The first kappa shape index (κ1) is 15.9. The standard InChI is InChI=1S/C16H27NO2/c1-4-5-11-14(18)17-15(16(19)12(2)3)13-9-7-6-8-10-13/h4,12-13,15H,1,5-11H2,2-3H3,(H,17,18). The summed E-state index contributed by atoms with van der Waals surface area (Å²) in [7, 11) is 0. The zero-order valence-electron chi connectivity index (χ0n) is 12.3. The van der Waals surface area contributed by atoms with Crippen LogP contribution in [0.15, 0.2) is 12.7 Å². The Hall–Kier alpha value is -1.12. The van der Waals surface area contributed by atoms with Crippen LogP contribution in [0.5, 0.6) is 0 Å². The molecule has 0 aliphatic heterocycles. The zero-order valence-corrected chi connectivity index (χ0v) is 12.3. The van der Waals surface area contributed by atoms with E-state index in [9.17, 15) is 9.59 Å². The molecule has 108 valence electrons. The Kier molecular flexibility index (Phi) is 6.82. The van der Waals surface area contributed by atoms with Crippen LogP contribution in [0.3, 0.4) is 0 Å². The van der Waals surface area contributed by atoms with Crippen molar-refractivity contribution in [1.29, 1.82) is 0 Å². The molecule has 1 rings (SSSR count). The Morgan fingerprint density at radius 2 is 1.89 bits per heavy atom. The third kappa shape index (κ3) is 5.17. The van der Waals surface area contributed by atoms with Gasteiger partial charge in [0.25, 0.3) is 0 Å². The van der Waals surface area contributed by atoms with Crippen LogP contribution >= 0.6 is 0 Å². The van der Waals surface area contributed by atoms with Crippen LogP contribution < -0.4 is 5.32 Å². The molecule has 0 saturated heterocycles. The van der Waals surface area contributed by atoms with Crippen LogP contribution in [-0.2, 0) is 9.59 Å². The molecule has 0 aromatic heterocycles. The molecule has 0 bridgehead atoms. The van der Waals surface area contributed by atoms with Gasteiger partial charge in [-0.3, -0.25) is 9.59 Å². The zero-order chi connectivity index (χ0) is 14.3. The van der Waals surface area contributed by atoms with Crippen LogP contribution in [0.25, 0.3) is 0 Å². The first-order valence-corrected chi connectivity index (χ1v) is 7.50. The van der Waals surface area contributed by atoms with Crippen LogP contribution in [0, 0.1) is 11.8 Å². The maximum atomic E-state index is 12.3. The van der Waals surface area contributed by atoms with Crippen molar-refractivity contribution < 1.29 is 9.59 Å². The van der Waals surface area contributed by atoms with Gasteiger partial charge in [0.15, 0.2) is 5.78 Å². The highest BCUT2D eigenvalue weighted by atomic mass is 16.2. The van der Waals surface area contributed by atoms with Gasteiger partial charge >= 0.3 is 0 Å². The van der Waals surface area contributed by atoms with Crippen molar-refractivity contribution in [3.05, 3.63) is 12.7 Å². The lowest BCUT2D eigenvalue weighted by molar-refractivity contribution is -0.131. The second-order valence-electron chi connectivity index (χ2n) is 5.83. The number of rotatable bonds is 7. The average Bonchev–Trinajstić information content (AvgIpc) is 2.42. The fourth-order valence-corrected chi connectivity index (χ4v) is 2.73. The van der Waals surface area contributed by atoms with Gasteiger partial charge in [-0.1, -0.05) is 39.2 Å². The number of Topliss-reactive ketones (excluding diaryl/α,β-unsaturated/α-hetero) is 1. The van der Waals surface area contributed by atoms with E-state index in [1.54, 1.807) is 6.08 Å². The molecular weight excluding hydrogens is 238 g/mol. The first-order valence-electron chi connectivity index (χ1n) is 7.50. The summed E-state index contributed by atoms with van der Waals surface area (Å²) in [4.78, 5) is 24.2. The monoisotopic (exact) mass is 265 g/mol. The minimum absolute atomic E-state index is 0.0216. The highest BCUT2D eigenvalue weighted by Crippen LogP contribution is 2.28. The van der Waals surface area contributed by atoms with E-state index >= 15 is 0 Å². The van der Waals surface area contributed by atoms with Gasteiger partial charge in [0.1, 0.15) is 0 Å². The molecule has 1 fully saturated rings. The molecule has 1 N–H and O–H groups in total. The van der Waals surface area contributed by atoms with E-state index in [-0.39, 0.29) is 23.7 Å². The topological polar surface area (TPSA) is 46.2 Å². The van der Waals surface area contributed by atoms with Crippen molar-refractivity contribution in [3.8, 4) is 0 Å². The molecule has 1 aliphatic carbocycles. The minimum atomic E-state index is -0.280. The molecule has 0 aromatic rings. The molecule has 1 aliphatic rings. The van der Waals surface area contributed by atoms with Crippen molar-refractivity contribution in [2.24, 2.45) is 11.8 Å². The fraction of sp³-hybridized carbons (Fsp3) is 0.750. The number of ketones is 1. The van der Waals surface area contributed by atoms with Crippen molar-refractivity contribution in [1.82, 2.24) is 5.32 Å². The average molecular weight is 265 g/mol. The number of carbonyl (C=O) groups excluding carboxylic acids is 2. The third-order valence-corrected chi connectivity index (χ3v) is 3.89. The molecule has 19 heavy (non-hydrogen) atoms. The molecule has 0 radical (unpaired) electrons. The number of allylic oxidation sites excluding steroid dienone is 1. The molecule has 3 nitrogen and oxygen atoms in total. The molecule has 1 atom stereocenters. The Morgan fingerprint density at radius 3 is 2.42 bits per heavy atom. The maximum absolute atomic E-state index is 12.3. The molecule has 1 unspecified atom stereocenters. The highest BCUT2D eigenvalue weighted by Gasteiger charge is 2.31. The normalized spacial score (nSPS) is 18.1. The van der Waals surface area contributed by atoms with Gasteiger partial charge in [-0.05, 0) is 25.2 Å². The van der Waals surface area contributed by atoms with E-state index in [1.807, 2.05) is 13.8 Å². The first-order chi connectivity index (χ1) is 9.06. The largest absolute Gasteiger partial charge is 0.346 e. The third-order valence-electron chi connectivity index (χ3n) is 3.89. The van der Waals surface area contributed by atoms with Crippen LogP contribution in [-0.4, -0.2) is 17.7 Å². The Morgan fingerprint density at radius 1 is 1.26 bits per heavy atom. The smallest absolute Gasteiger partial charge is 0.220 e. The summed E-state index contributed by atoms with van der Waals surface area (Å²) in [6, 6.07) is -0.280. The van der Waals surface area contributed by atoms with Crippen LogP contribution in [0.2, 0.25) is 0 Å². The molecule has 0 spiro atoms. The summed E-state index contributed by atoms with van der Waals surface area (Å²) in [5, 5.41) is 2.97. The number of nitrogens with one attached hydrogen (secondary N) is 1. The molecule has 0 aromatic carbocycles. The number of amides is 1. The second kappa shape index (κ2) is 8.13. The lowest BCUT2D eigenvalue weighted by atomic mass is 9.80. The Balaban J connectivity index is 2.65. The summed E-state index contributed by atoms with van der Waals surface area (Å²) >= 11 is 0. The van der Waals surface area contributed by atoms with Gasteiger partial charge in [-0.2, -0.15) is 0 Å². The van der Waals surface area contributed by atoms with E-state index in [0.29, 0.717) is 18.8 Å². The van der Waals surface area contributed by atoms with Crippen molar-refractivity contribution in [3.63, 3.8) is 0 Å². The highest BCUT2D eigenvalue weighted by molar-refractivity contribution is 5.90. The van der Waals surface area contributed by atoms with Gasteiger partial charge in [0.2, 0.25) is 5.91 Å². The quantitative estimate of drug-likeness (QED) is 0.718. The van der Waals surface area contributed by atoms with Crippen LogP contribution in [0.1, 0.15) is 58.8 Å². The minimum Gasteiger partial charge on any atom is -0.346 e. The fourth-order valence-electron chi connectivity index (χ4n) is 2.73. The summed E-state index contributed by atoms with van der Waals surface area (Å²) < 4.78 is 0. The van der Waals surface area contributed by atoms with Crippen molar-refractivity contribution >= 4 is 11.7 Å².